The number of nitrogens with one attached hydrogen (secondary N) is 1. The third-order valence-electron chi connectivity index (χ3n) is 6.07. The summed E-state index contributed by atoms with van der Waals surface area (Å²) in [7, 11) is 0. The zero-order valence-corrected chi connectivity index (χ0v) is 16.6. The lowest BCUT2D eigenvalue weighted by Gasteiger charge is -2.27. The van der Waals surface area contributed by atoms with Crippen LogP contribution in [0.5, 0.6) is 0 Å². The molecule has 2 atom stereocenters. The number of rotatable bonds is 2. The van der Waals surface area contributed by atoms with Crippen LogP contribution in [0.15, 0.2) is 12.4 Å². The molecule has 4 heterocycles. The van der Waals surface area contributed by atoms with Crippen LogP contribution in [0.4, 0.5) is 10.6 Å². The molecule has 4 rings (SSSR count). The van der Waals surface area contributed by atoms with Crippen LogP contribution < -0.4 is 10.2 Å². The number of carbonyl (C=O) groups excluding carboxylic acids is 1. The molecule has 0 aromatic carbocycles. The molecule has 3 aliphatic rings. The van der Waals surface area contributed by atoms with Crippen molar-refractivity contribution in [2.24, 2.45) is 11.8 Å². The Morgan fingerprint density at radius 2 is 1.78 bits per heavy atom. The number of urea groups is 1. The maximum atomic E-state index is 12.6. The van der Waals surface area contributed by atoms with Crippen LogP contribution in [0, 0.1) is 11.8 Å². The van der Waals surface area contributed by atoms with Gasteiger partial charge in [-0.3, -0.25) is 0 Å². The Balaban J connectivity index is 1.34. The van der Waals surface area contributed by atoms with Gasteiger partial charge in [-0.2, -0.15) is 0 Å². The number of hydrogen-bond acceptors (Lipinski definition) is 5. The standard InChI is InChI=1S/C20H31N5O2/c1-20(2,3)17-8-18(22-13-21-17)24-9-14-11-25(12-15(14)10-24)19(26)23-16-4-6-27-7-5-16/h8,13-16H,4-7,9-12H2,1-3H3,(H,23,26). The molecule has 0 saturated carbocycles. The van der Waals surface area contributed by atoms with Gasteiger partial charge in [0.25, 0.3) is 0 Å². The second-order valence-electron chi connectivity index (χ2n) is 9.18. The Morgan fingerprint density at radius 1 is 1.11 bits per heavy atom. The third kappa shape index (κ3) is 4.03. The van der Waals surface area contributed by atoms with Crippen LogP contribution >= 0.6 is 0 Å². The van der Waals surface area contributed by atoms with Gasteiger partial charge in [0.15, 0.2) is 0 Å². The van der Waals surface area contributed by atoms with Gasteiger partial charge in [-0.15, -0.1) is 0 Å². The van der Waals surface area contributed by atoms with E-state index >= 15 is 0 Å². The van der Waals surface area contributed by atoms with Crippen LogP contribution in [-0.4, -0.2) is 66.3 Å². The summed E-state index contributed by atoms with van der Waals surface area (Å²) in [4.78, 5) is 25.9. The first kappa shape index (κ1) is 18.5. The number of carbonyl (C=O) groups is 1. The minimum absolute atomic E-state index is 0.0202. The molecule has 7 heteroatoms. The normalized spacial score (nSPS) is 26.3. The topological polar surface area (TPSA) is 70.6 Å². The quantitative estimate of drug-likeness (QED) is 0.859. The van der Waals surface area contributed by atoms with Gasteiger partial charge in [-0.25, -0.2) is 14.8 Å². The third-order valence-corrected chi connectivity index (χ3v) is 6.07. The van der Waals surface area contributed by atoms with E-state index in [0.717, 1.165) is 63.7 Å². The monoisotopic (exact) mass is 373 g/mol. The zero-order chi connectivity index (χ0) is 19.0. The number of fused-ring (bicyclic) bond motifs is 1. The van der Waals surface area contributed by atoms with Crippen molar-refractivity contribution < 1.29 is 9.53 Å². The van der Waals surface area contributed by atoms with E-state index in [1.165, 1.54) is 0 Å². The maximum Gasteiger partial charge on any atom is 0.317 e. The Labute approximate surface area is 161 Å². The van der Waals surface area contributed by atoms with E-state index in [1.54, 1.807) is 6.33 Å². The smallest absolute Gasteiger partial charge is 0.317 e. The fourth-order valence-electron chi connectivity index (χ4n) is 4.38. The molecule has 1 N–H and O–H groups in total. The summed E-state index contributed by atoms with van der Waals surface area (Å²) in [6, 6.07) is 2.48. The lowest BCUT2D eigenvalue weighted by Crippen LogP contribution is -2.46. The Kier molecular flexibility index (Phi) is 4.97. The molecule has 148 valence electrons. The highest BCUT2D eigenvalue weighted by Crippen LogP contribution is 2.34. The van der Waals surface area contributed by atoms with E-state index in [1.807, 2.05) is 4.90 Å². The fraction of sp³-hybridized carbons (Fsp3) is 0.750. The minimum Gasteiger partial charge on any atom is -0.381 e. The van der Waals surface area contributed by atoms with E-state index in [4.69, 9.17) is 4.74 Å². The first-order chi connectivity index (χ1) is 12.9. The highest BCUT2D eigenvalue weighted by atomic mass is 16.5. The van der Waals surface area contributed by atoms with Crippen LogP contribution in [0.3, 0.4) is 0 Å². The van der Waals surface area contributed by atoms with Crippen molar-refractivity contribution in [3.05, 3.63) is 18.1 Å². The average Bonchev–Trinajstić information content (AvgIpc) is 3.21. The summed E-state index contributed by atoms with van der Waals surface area (Å²) in [5.74, 6) is 2.07. The predicted octanol–water partition coefficient (Wildman–Crippen LogP) is 2.03. The molecule has 7 nitrogen and oxygen atoms in total. The van der Waals surface area contributed by atoms with Crippen molar-refractivity contribution in [2.45, 2.75) is 45.1 Å². The Morgan fingerprint density at radius 3 is 2.41 bits per heavy atom. The summed E-state index contributed by atoms with van der Waals surface area (Å²) < 4.78 is 5.37. The number of ether oxygens (including phenoxy) is 1. The lowest BCUT2D eigenvalue weighted by molar-refractivity contribution is 0.0784. The minimum atomic E-state index is 0.0202. The lowest BCUT2D eigenvalue weighted by atomic mass is 9.92. The van der Waals surface area contributed by atoms with E-state index in [2.05, 4.69) is 47.0 Å². The van der Waals surface area contributed by atoms with E-state index in [9.17, 15) is 4.79 Å². The van der Waals surface area contributed by atoms with Crippen LogP contribution in [0.2, 0.25) is 0 Å². The van der Waals surface area contributed by atoms with Gasteiger partial charge in [0.05, 0.1) is 5.69 Å². The zero-order valence-electron chi connectivity index (χ0n) is 16.6. The average molecular weight is 374 g/mol. The van der Waals surface area contributed by atoms with Gasteiger partial charge in [-0.05, 0) is 12.8 Å². The number of likely N-dealkylation sites (tertiary alicyclic amines) is 1. The van der Waals surface area contributed by atoms with Crippen molar-refractivity contribution in [3.8, 4) is 0 Å². The van der Waals surface area contributed by atoms with Crippen molar-refractivity contribution in [1.82, 2.24) is 20.2 Å². The number of nitrogens with zero attached hydrogens (tertiary/aromatic N) is 4. The number of hydrogen-bond donors (Lipinski definition) is 1. The van der Waals surface area contributed by atoms with E-state index in [-0.39, 0.29) is 17.5 Å². The maximum absolute atomic E-state index is 12.6. The summed E-state index contributed by atoms with van der Waals surface area (Å²) >= 11 is 0. The molecule has 2 amide bonds. The first-order valence-corrected chi connectivity index (χ1v) is 10.1. The molecule has 0 aliphatic carbocycles. The SMILES string of the molecule is CC(C)(C)c1cc(N2CC3CN(C(=O)NC4CCOCC4)CC3C2)ncn1. The predicted molar refractivity (Wildman–Crippen MR) is 104 cm³/mol. The molecule has 2 unspecified atom stereocenters. The van der Waals surface area contributed by atoms with Crippen molar-refractivity contribution in [1.29, 1.82) is 0 Å². The molecule has 3 fully saturated rings. The molecule has 0 spiro atoms. The summed E-state index contributed by atoms with van der Waals surface area (Å²) in [5, 5.41) is 3.19. The number of aromatic nitrogens is 2. The van der Waals surface area contributed by atoms with Crippen molar-refractivity contribution in [3.63, 3.8) is 0 Å². The van der Waals surface area contributed by atoms with Crippen LogP contribution in [0.25, 0.3) is 0 Å². The van der Waals surface area contributed by atoms with Crippen molar-refractivity contribution >= 4 is 11.8 Å². The number of anilines is 1. The summed E-state index contributed by atoms with van der Waals surface area (Å²) in [5.41, 5.74) is 1.09. The van der Waals surface area contributed by atoms with Gasteiger partial charge < -0.3 is 19.9 Å². The van der Waals surface area contributed by atoms with Crippen molar-refractivity contribution in [2.75, 3.05) is 44.3 Å². The second kappa shape index (κ2) is 7.26. The van der Waals surface area contributed by atoms with E-state index < -0.39 is 0 Å². The largest absolute Gasteiger partial charge is 0.381 e. The van der Waals surface area contributed by atoms with Gasteiger partial charge in [0.1, 0.15) is 12.1 Å². The molecule has 27 heavy (non-hydrogen) atoms. The Bertz CT molecular complexity index is 669. The highest BCUT2D eigenvalue weighted by molar-refractivity contribution is 5.75. The van der Waals surface area contributed by atoms with Gasteiger partial charge >= 0.3 is 6.03 Å². The van der Waals surface area contributed by atoms with E-state index in [0.29, 0.717) is 11.8 Å². The molecular weight excluding hydrogens is 342 g/mol. The summed E-state index contributed by atoms with van der Waals surface area (Å²) in [6.45, 7) is 11.6. The molecule has 1 aromatic heterocycles. The van der Waals surface area contributed by atoms with Crippen LogP contribution in [-0.2, 0) is 10.2 Å². The van der Waals surface area contributed by atoms with Gasteiger partial charge in [-0.1, -0.05) is 20.8 Å². The molecule has 1 aromatic rings. The molecule has 3 saturated heterocycles. The molecule has 3 aliphatic heterocycles. The number of amides is 2. The first-order valence-electron chi connectivity index (χ1n) is 10.1. The Hall–Kier alpha value is -1.89. The fourth-order valence-corrected chi connectivity index (χ4v) is 4.38. The highest BCUT2D eigenvalue weighted by Gasteiger charge is 2.42. The summed E-state index contributed by atoms with van der Waals surface area (Å²) in [6.07, 6.45) is 3.52. The van der Waals surface area contributed by atoms with Crippen LogP contribution in [0.1, 0.15) is 39.3 Å². The van der Waals surface area contributed by atoms with Gasteiger partial charge in [0.2, 0.25) is 0 Å². The van der Waals surface area contributed by atoms with Gasteiger partial charge in [0, 0.05) is 68.8 Å². The molecule has 0 bridgehead atoms. The molecule has 0 radical (unpaired) electrons. The molecular formula is C20H31N5O2. The second-order valence-corrected chi connectivity index (χ2v) is 9.18.